The maximum Gasteiger partial charge on any atom is 0.216 e. The van der Waals surface area contributed by atoms with E-state index in [1.807, 2.05) is 18.2 Å². The molecule has 0 saturated carbocycles. The molecule has 1 heterocycles. The molecule has 0 aliphatic heterocycles. The summed E-state index contributed by atoms with van der Waals surface area (Å²) in [4.78, 5) is 15.4. The van der Waals surface area contributed by atoms with Crippen LogP contribution in [-0.2, 0) is 17.8 Å². The lowest BCUT2D eigenvalue weighted by atomic mass is 10.3. The predicted molar refractivity (Wildman–Crippen MR) is 72.4 cm³/mol. The number of aromatic nitrogens is 2. The smallest absolute Gasteiger partial charge is 0.216 e. The fourth-order valence-electron chi connectivity index (χ4n) is 2.18. The van der Waals surface area contributed by atoms with Gasteiger partial charge in [0.2, 0.25) is 5.91 Å². The number of imidazole rings is 1. The van der Waals surface area contributed by atoms with Crippen molar-refractivity contribution in [1.82, 2.24) is 14.9 Å². The SMILES string of the molecule is CCn1c(CCCNC(C)=O)nc2ccccc21. The summed E-state index contributed by atoms with van der Waals surface area (Å²) in [7, 11) is 0. The number of nitrogens with zero attached hydrogens (tertiary/aromatic N) is 2. The summed E-state index contributed by atoms with van der Waals surface area (Å²) in [6, 6.07) is 8.19. The first-order valence-corrected chi connectivity index (χ1v) is 6.41. The van der Waals surface area contributed by atoms with Gasteiger partial charge in [-0.25, -0.2) is 4.98 Å². The third-order valence-electron chi connectivity index (χ3n) is 3.00. The highest BCUT2D eigenvalue weighted by Crippen LogP contribution is 2.16. The number of aryl methyl sites for hydroxylation is 2. The number of carbonyl (C=O) groups is 1. The summed E-state index contributed by atoms with van der Waals surface area (Å²) in [5.74, 6) is 1.13. The van der Waals surface area contributed by atoms with Gasteiger partial charge in [0.1, 0.15) is 5.82 Å². The standard InChI is InChI=1S/C14H19N3O/c1-3-17-13-8-5-4-7-12(13)16-14(17)9-6-10-15-11(2)18/h4-5,7-8H,3,6,9-10H2,1-2H3,(H,15,18). The number of para-hydroxylation sites is 2. The molecule has 4 nitrogen and oxygen atoms in total. The van der Waals surface area contributed by atoms with Crippen LogP contribution in [-0.4, -0.2) is 22.0 Å². The highest BCUT2D eigenvalue weighted by molar-refractivity contribution is 5.75. The summed E-state index contributed by atoms with van der Waals surface area (Å²) in [6.07, 6.45) is 1.81. The minimum absolute atomic E-state index is 0.0268. The maximum atomic E-state index is 10.8. The normalized spacial score (nSPS) is 10.8. The van der Waals surface area contributed by atoms with E-state index in [0.717, 1.165) is 30.7 Å². The lowest BCUT2D eigenvalue weighted by molar-refractivity contribution is -0.118. The van der Waals surface area contributed by atoms with E-state index in [4.69, 9.17) is 0 Å². The van der Waals surface area contributed by atoms with E-state index in [0.29, 0.717) is 6.54 Å². The van der Waals surface area contributed by atoms with Gasteiger partial charge in [-0.1, -0.05) is 12.1 Å². The minimum Gasteiger partial charge on any atom is -0.356 e. The van der Waals surface area contributed by atoms with Crippen LogP contribution in [0.5, 0.6) is 0 Å². The fraction of sp³-hybridized carbons (Fsp3) is 0.429. The Kier molecular flexibility index (Phi) is 3.97. The third kappa shape index (κ3) is 2.70. The Morgan fingerprint density at radius 2 is 2.17 bits per heavy atom. The molecule has 18 heavy (non-hydrogen) atoms. The minimum atomic E-state index is 0.0268. The summed E-state index contributed by atoms with van der Waals surface area (Å²) < 4.78 is 2.24. The van der Waals surface area contributed by atoms with Crippen molar-refractivity contribution < 1.29 is 4.79 Å². The quantitative estimate of drug-likeness (QED) is 0.820. The molecule has 1 amide bonds. The molecule has 0 spiro atoms. The van der Waals surface area contributed by atoms with Gasteiger partial charge in [0.05, 0.1) is 11.0 Å². The number of benzene rings is 1. The van der Waals surface area contributed by atoms with Crippen LogP contribution in [0.3, 0.4) is 0 Å². The van der Waals surface area contributed by atoms with Crippen molar-refractivity contribution in [3.63, 3.8) is 0 Å². The molecule has 96 valence electrons. The Balaban J connectivity index is 2.10. The maximum absolute atomic E-state index is 10.8. The number of amides is 1. The van der Waals surface area contributed by atoms with Crippen molar-refractivity contribution in [1.29, 1.82) is 0 Å². The molecule has 0 unspecified atom stereocenters. The Morgan fingerprint density at radius 3 is 2.89 bits per heavy atom. The monoisotopic (exact) mass is 245 g/mol. The van der Waals surface area contributed by atoms with Crippen LogP contribution in [0, 0.1) is 0 Å². The van der Waals surface area contributed by atoms with E-state index in [1.54, 1.807) is 6.92 Å². The van der Waals surface area contributed by atoms with Crippen molar-refractivity contribution in [3.8, 4) is 0 Å². The Bertz CT molecular complexity index is 545. The van der Waals surface area contributed by atoms with Crippen LogP contribution >= 0.6 is 0 Å². The molecule has 0 radical (unpaired) electrons. The second-order valence-corrected chi connectivity index (χ2v) is 4.35. The topological polar surface area (TPSA) is 46.9 Å². The van der Waals surface area contributed by atoms with Gasteiger partial charge in [-0.05, 0) is 25.5 Å². The van der Waals surface area contributed by atoms with Gasteiger partial charge in [0, 0.05) is 26.4 Å². The largest absolute Gasteiger partial charge is 0.356 e. The van der Waals surface area contributed by atoms with Crippen molar-refractivity contribution in [2.45, 2.75) is 33.2 Å². The number of hydrogen-bond acceptors (Lipinski definition) is 2. The van der Waals surface area contributed by atoms with Gasteiger partial charge in [-0.2, -0.15) is 0 Å². The fourth-order valence-corrected chi connectivity index (χ4v) is 2.18. The van der Waals surface area contributed by atoms with Crippen molar-refractivity contribution in [2.24, 2.45) is 0 Å². The van der Waals surface area contributed by atoms with Crippen LogP contribution in [0.15, 0.2) is 24.3 Å². The number of carbonyl (C=O) groups excluding carboxylic acids is 1. The molecule has 2 aromatic rings. The van der Waals surface area contributed by atoms with Crippen LogP contribution in [0.2, 0.25) is 0 Å². The predicted octanol–water partition coefficient (Wildman–Crippen LogP) is 2.12. The molecular weight excluding hydrogens is 226 g/mol. The van der Waals surface area contributed by atoms with Gasteiger partial charge >= 0.3 is 0 Å². The van der Waals surface area contributed by atoms with Crippen molar-refractivity contribution in [3.05, 3.63) is 30.1 Å². The molecule has 0 saturated heterocycles. The zero-order chi connectivity index (χ0) is 13.0. The van der Waals surface area contributed by atoms with Crippen molar-refractivity contribution in [2.75, 3.05) is 6.54 Å². The van der Waals surface area contributed by atoms with Gasteiger partial charge in [0.15, 0.2) is 0 Å². The number of nitrogens with one attached hydrogen (secondary N) is 1. The van der Waals surface area contributed by atoms with E-state index >= 15 is 0 Å². The third-order valence-corrected chi connectivity index (χ3v) is 3.00. The molecule has 0 atom stereocenters. The number of hydrogen-bond donors (Lipinski definition) is 1. The molecular formula is C14H19N3O. The molecule has 2 rings (SSSR count). The highest BCUT2D eigenvalue weighted by Gasteiger charge is 2.08. The molecule has 1 aromatic heterocycles. The molecule has 1 aromatic carbocycles. The van der Waals surface area contributed by atoms with E-state index in [-0.39, 0.29) is 5.91 Å². The first-order valence-electron chi connectivity index (χ1n) is 6.41. The Morgan fingerprint density at radius 1 is 1.39 bits per heavy atom. The first-order chi connectivity index (χ1) is 8.72. The number of rotatable bonds is 5. The van der Waals surface area contributed by atoms with Gasteiger partial charge in [0.25, 0.3) is 0 Å². The average molecular weight is 245 g/mol. The molecule has 0 fully saturated rings. The summed E-state index contributed by atoms with van der Waals surface area (Å²) in [5.41, 5.74) is 2.24. The first kappa shape index (κ1) is 12.6. The Labute approximate surface area is 107 Å². The van der Waals surface area contributed by atoms with Crippen LogP contribution in [0.1, 0.15) is 26.1 Å². The second kappa shape index (κ2) is 5.67. The summed E-state index contributed by atoms with van der Waals surface area (Å²) in [6.45, 7) is 5.31. The zero-order valence-corrected chi connectivity index (χ0v) is 10.9. The molecule has 0 aliphatic rings. The van der Waals surface area contributed by atoms with Gasteiger partial charge in [-0.15, -0.1) is 0 Å². The Hall–Kier alpha value is -1.84. The van der Waals surface area contributed by atoms with E-state index in [1.165, 1.54) is 5.52 Å². The zero-order valence-electron chi connectivity index (χ0n) is 10.9. The lowest BCUT2D eigenvalue weighted by Gasteiger charge is -2.06. The van der Waals surface area contributed by atoms with E-state index in [2.05, 4.69) is 27.9 Å². The van der Waals surface area contributed by atoms with Gasteiger partial charge in [-0.3, -0.25) is 4.79 Å². The molecule has 0 bridgehead atoms. The average Bonchev–Trinajstić information content (AvgIpc) is 2.71. The van der Waals surface area contributed by atoms with Crippen LogP contribution in [0.25, 0.3) is 11.0 Å². The van der Waals surface area contributed by atoms with E-state index < -0.39 is 0 Å². The lowest BCUT2D eigenvalue weighted by Crippen LogP contribution is -2.21. The number of fused-ring (bicyclic) bond motifs is 1. The summed E-state index contributed by atoms with van der Waals surface area (Å²) >= 11 is 0. The summed E-state index contributed by atoms with van der Waals surface area (Å²) in [5, 5.41) is 2.81. The second-order valence-electron chi connectivity index (χ2n) is 4.35. The highest BCUT2D eigenvalue weighted by atomic mass is 16.1. The van der Waals surface area contributed by atoms with Crippen LogP contribution < -0.4 is 5.32 Å². The van der Waals surface area contributed by atoms with Gasteiger partial charge < -0.3 is 9.88 Å². The molecule has 4 heteroatoms. The van der Waals surface area contributed by atoms with Crippen molar-refractivity contribution >= 4 is 16.9 Å². The van der Waals surface area contributed by atoms with Crippen LogP contribution in [0.4, 0.5) is 0 Å². The molecule has 0 aliphatic carbocycles. The van der Waals surface area contributed by atoms with E-state index in [9.17, 15) is 4.79 Å². The molecule has 1 N–H and O–H groups in total.